The highest BCUT2D eigenvalue weighted by Gasteiger charge is 1.88. The molecule has 0 bridgehead atoms. The third-order valence-electron chi connectivity index (χ3n) is 1.10. The minimum Gasteiger partial charge on any atom is -0.326 e. The predicted octanol–water partition coefficient (Wildman–Crippen LogP) is 0.992. The number of nitrogens with one attached hydrogen (secondary N) is 1. The molecule has 0 aliphatic rings. The van der Waals surface area contributed by atoms with Gasteiger partial charge in [0.05, 0.1) is 1.37 Å². The molecule has 0 unspecified atom stereocenters. The first-order chi connectivity index (χ1) is 5.04. The average Bonchev–Trinajstić information content (AvgIpc) is 1.97. The molecule has 0 fully saturated rings. The number of H-pyrrole nitrogens is 1. The molecule has 2 nitrogen and oxygen atoms in total. The van der Waals surface area contributed by atoms with Crippen molar-refractivity contribution in [1.29, 1.82) is 0 Å². The van der Waals surface area contributed by atoms with Crippen LogP contribution in [0.2, 0.25) is 1.41 Å². The van der Waals surface area contributed by atoms with Gasteiger partial charge in [0.25, 0.3) is 5.56 Å². The van der Waals surface area contributed by atoms with Gasteiger partial charge < -0.3 is 4.98 Å². The average molecular weight is 125 g/mol. The van der Waals surface area contributed by atoms with E-state index < -0.39 is 0 Å². The van der Waals surface area contributed by atoms with Crippen molar-refractivity contribution >= 4 is 0 Å². The Morgan fingerprint density at radius 3 is 3.11 bits per heavy atom. The molecule has 1 aromatic rings. The van der Waals surface area contributed by atoms with Crippen LogP contribution < -0.4 is 5.56 Å². The molecule has 9 heavy (non-hydrogen) atoms. The summed E-state index contributed by atoms with van der Waals surface area (Å²) in [6.45, 7) is 3.18. The van der Waals surface area contributed by atoms with Crippen molar-refractivity contribution in [2.45, 2.75) is 13.8 Å². The van der Waals surface area contributed by atoms with Crippen molar-refractivity contribution in [2.24, 2.45) is 0 Å². The molecule has 0 amide bonds. The second-order valence-electron chi connectivity index (χ2n) is 1.97. The Bertz CT molecular complexity index is 343. The maximum absolute atomic E-state index is 11.0. The number of hydrogen-bond donors (Lipinski definition) is 1. The van der Waals surface area contributed by atoms with Crippen LogP contribution >= 0.6 is 0 Å². The van der Waals surface area contributed by atoms with Crippen LogP contribution in [0.15, 0.2) is 16.9 Å². The molecule has 0 saturated heterocycles. The van der Waals surface area contributed by atoms with Gasteiger partial charge in [-0.2, -0.15) is 0 Å². The summed E-state index contributed by atoms with van der Waals surface area (Å²) < 4.78 is 14.5. The van der Waals surface area contributed by atoms with Gasteiger partial charge in [-0.1, -0.05) is 6.07 Å². The molecule has 48 valence electrons. The summed E-state index contributed by atoms with van der Waals surface area (Å²) in [5, 5.41) is 0. The normalized spacial score (nSPS) is 12.7. The number of rotatable bonds is 0. The molecule has 0 aliphatic heterocycles. The third kappa shape index (κ3) is 1.19. The van der Waals surface area contributed by atoms with Crippen molar-refractivity contribution in [2.75, 3.05) is 0 Å². The Balaban J connectivity index is 3.59. The molecule has 1 aromatic heterocycles. The zero-order valence-corrected chi connectivity index (χ0v) is 5.43. The molecule has 1 rings (SSSR count). The van der Waals surface area contributed by atoms with Crippen LogP contribution in [-0.4, -0.2) is 4.98 Å². The first-order valence-corrected chi connectivity index (χ1v) is 2.73. The van der Waals surface area contributed by atoms with Gasteiger partial charge in [0.1, 0.15) is 0 Å². The largest absolute Gasteiger partial charge is 0.326 e. The molecule has 1 N–H and O–H groups in total. The van der Waals surface area contributed by atoms with Gasteiger partial charge in [-0.05, 0) is 19.9 Å². The predicted molar refractivity (Wildman–Crippen MR) is 36.5 cm³/mol. The summed E-state index contributed by atoms with van der Waals surface area (Å²) in [7, 11) is 0. The highest BCUT2D eigenvalue weighted by Crippen LogP contribution is 1.88. The van der Waals surface area contributed by atoms with Crippen LogP contribution in [0.5, 0.6) is 0 Å². The summed E-state index contributed by atoms with van der Waals surface area (Å²) >= 11 is 0. The molecule has 0 aliphatic carbocycles. The molecular formula is C7H9NO. The number of aromatic amines is 1. The van der Waals surface area contributed by atoms with Gasteiger partial charge in [-0.3, -0.25) is 4.79 Å². The second kappa shape index (κ2) is 2.05. The van der Waals surface area contributed by atoms with Crippen molar-refractivity contribution in [3.63, 3.8) is 0 Å². The van der Waals surface area contributed by atoms with Crippen LogP contribution in [0.25, 0.3) is 0 Å². The van der Waals surface area contributed by atoms with Crippen LogP contribution in [0.4, 0.5) is 0 Å². The van der Waals surface area contributed by atoms with E-state index in [4.69, 9.17) is 2.78 Å². The number of hydrogen-bond acceptors (Lipinski definition) is 1. The van der Waals surface area contributed by atoms with Crippen LogP contribution in [0, 0.1) is 13.8 Å². The van der Waals surface area contributed by atoms with Crippen LogP contribution in [0.3, 0.4) is 0 Å². The monoisotopic (exact) mass is 125 g/mol. The highest BCUT2D eigenvalue weighted by atomic mass is 16.1. The van der Waals surface area contributed by atoms with Crippen molar-refractivity contribution in [1.82, 2.24) is 4.98 Å². The van der Waals surface area contributed by atoms with Gasteiger partial charge in [-0.15, -0.1) is 0 Å². The first-order valence-electron chi connectivity index (χ1n) is 3.68. The zero-order chi connectivity index (χ0) is 8.59. The van der Waals surface area contributed by atoms with E-state index in [9.17, 15) is 4.79 Å². The fourth-order valence-corrected chi connectivity index (χ4v) is 0.547. The Morgan fingerprint density at radius 2 is 2.44 bits per heavy atom. The van der Waals surface area contributed by atoms with E-state index in [0.29, 0.717) is 11.3 Å². The smallest absolute Gasteiger partial charge is 0.251 e. The number of aryl methyl sites for hydroxylation is 1. The summed E-state index contributed by atoms with van der Waals surface area (Å²) in [6, 6.07) is 1.71. The summed E-state index contributed by atoms with van der Waals surface area (Å²) in [6.07, 6.45) is 0. The fourth-order valence-electron chi connectivity index (χ4n) is 0.547. The summed E-state index contributed by atoms with van der Waals surface area (Å²) in [5.74, 6) is 0. The molecule has 0 spiro atoms. The lowest BCUT2D eigenvalue weighted by molar-refractivity contribution is 1.11. The molecule has 1 heterocycles. The molecule has 0 aromatic carbocycles. The zero-order valence-electron chi connectivity index (χ0n) is 7.43. The molecular weight excluding hydrogens is 114 g/mol. The van der Waals surface area contributed by atoms with E-state index >= 15 is 0 Å². The maximum Gasteiger partial charge on any atom is 0.251 e. The van der Waals surface area contributed by atoms with Gasteiger partial charge >= 0.3 is 0 Å². The van der Waals surface area contributed by atoms with Crippen molar-refractivity contribution in [3.8, 4) is 0 Å². The Morgan fingerprint density at radius 1 is 1.78 bits per heavy atom. The molecule has 0 saturated carbocycles. The van der Waals surface area contributed by atoms with Crippen molar-refractivity contribution in [3.05, 3.63) is 33.7 Å². The van der Waals surface area contributed by atoms with E-state index in [0.717, 1.165) is 4.98 Å². The van der Waals surface area contributed by atoms with Crippen LogP contribution in [0.1, 0.15) is 12.6 Å². The SMILES string of the molecule is [2H]c1cc(C)c(=O)n([2H])c1C. The number of aromatic nitrogens is 1. The first kappa shape index (κ1) is 3.88. The Hall–Kier alpha value is -1.05. The third-order valence-corrected chi connectivity index (χ3v) is 1.10. The Kier molecular flexibility index (Phi) is 0.884. The lowest BCUT2D eigenvalue weighted by atomic mass is 10.3. The highest BCUT2D eigenvalue weighted by molar-refractivity contribution is 5.10. The fraction of sp³-hybridized carbons (Fsp3) is 0.286. The van der Waals surface area contributed by atoms with Gasteiger partial charge in [0.2, 0.25) is 0 Å². The van der Waals surface area contributed by atoms with Crippen LogP contribution in [-0.2, 0) is 0 Å². The van der Waals surface area contributed by atoms with E-state index in [1.54, 1.807) is 13.8 Å². The standard InChI is InChI=1S/C7H9NO/c1-5-3-4-6(2)8-7(5)9/h3-4H,1-2H3,(H,8,9)/i4D/hD. The van der Waals surface area contributed by atoms with Crippen molar-refractivity contribution < 1.29 is 2.78 Å². The summed E-state index contributed by atoms with van der Waals surface area (Å²) in [5.41, 5.74) is 0.467. The van der Waals surface area contributed by atoms with Gasteiger partial charge in [0, 0.05) is 11.3 Å². The van der Waals surface area contributed by atoms with Gasteiger partial charge in [0.15, 0.2) is 1.41 Å². The minimum atomic E-state index is -0.349. The molecule has 2 heteroatoms. The lowest BCUT2D eigenvalue weighted by Gasteiger charge is -1.91. The Labute approximate surface area is 56.4 Å². The number of pyridine rings is 1. The quantitative estimate of drug-likeness (QED) is 0.551. The van der Waals surface area contributed by atoms with E-state index in [1.165, 1.54) is 6.07 Å². The summed E-state index contributed by atoms with van der Waals surface area (Å²) in [4.78, 5) is 11.8. The van der Waals surface area contributed by atoms with E-state index in [-0.39, 0.29) is 11.6 Å². The second-order valence-corrected chi connectivity index (χ2v) is 1.97. The van der Waals surface area contributed by atoms with Gasteiger partial charge in [-0.25, -0.2) is 0 Å². The molecule has 0 radical (unpaired) electrons. The van der Waals surface area contributed by atoms with E-state index in [1.807, 2.05) is 0 Å². The minimum absolute atomic E-state index is 0.233. The maximum atomic E-state index is 11.0. The lowest BCUT2D eigenvalue weighted by Crippen LogP contribution is -2.08. The topological polar surface area (TPSA) is 32.9 Å². The molecule has 0 atom stereocenters. The van der Waals surface area contributed by atoms with E-state index in [2.05, 4.69) is 0 Å².